The standard InChI is InChI=1S/C11H23NO2/c1-6-7-9(12(4)5)11(2,3)8-10(13)14/h9H,6-8H2,1-5H3,(H,13,14). The van der Waals surface area contributed by atoms with Crippen LogP contribution in [-0.4, -0.2) is 36.1 Å². The number of rotatable bonds is 6. The SMILES string of the molecule is CCCC(N(C)C)C(C)(C)CC(=O)O. The number of hydrogen-bond donors (Lipinski definition) is 1. The van der Waals surface area contributed by atoms with Crippen molar-refractivity contribution in [2.45, 2.75) is 46.1 Å². The molecule has 0 aromatic heterocycles. The molecule has 0 rings (SSSR count). The lowest BCUT2D eigenvalue weighted by atomic mass is 9.78. The smallest absolute Gasteiger partial charge is 0.303 e. The zero-order valence-corrected chi connectivity index (χ0v) is 10.0. The van der Waals surface area contributed by atoms with Crippen LogP contribution in [0.2, 0.25) is 0 Å². The Morgan fingerprint density at radius 1 is 1.43 bits per heavy atom. The van der Waals surface area contributed by atoms with E-state index in [4.69, 9.17) is 5.11 Å². The fraction of sp³-hybridized carbons (Fsp3) is 0.909. The number of nitrogens with zero attached hydrogens (tertiary/aromatic N) is 1. The van der Waals surface area contributed by atoms with Crippen LogP contribution in [0.15, 0.2) is 0 Å². The molecule has 0 radical (unpaired) electrons. The zero-order valence-electron chi connectivity index (χ0n) is 10.0. The summed E-state index contributed by atoms with van der Waals surface area (Å²) < 4.78 is 0. The molecule has 0 heterocycles. The zero-order chi connectivity index (χ0) is 11.4. The van der Waals surface area contributed by atoms with Crippen LogP contribution in [0.5, 0.6) is 0 Å². The first-order valence-electron chi connectivity index (χ1n) is 5.19. The van der Waals surface area contributed by atoms with Crippen LogP contribution in [-0.2, 0) is 4.79 Å². The van der Waals surface area contributed by atoms with Gasteiger partial charge < -0.3 is 10.0 Å². The largest absolute Gasteiger partial charge is 0.481 e. The molecule has 3 heteroatoms. The number of carboxylic acid groups (broad SMARTS) is 1. The fourth-order valence-electron chi connectivity index (χ4n) is 2.13. The van der Waals surface area contributed by atoms with Crippen LogP contribution in [0.1, 0.15) is 40.0 Å². The topological polar surface area (TPSA) is 40.5 Å². The molecule has 0 fully saturated rings. The van der Waals surface area contributed by atoms with E-state index in [1.54, 1.807) is 0 Å². The van der Waals surface area contributed by atoms with E-state index in [1.165, 1.54) is 0 Å². The van der Waals surface area contributed by atoms with Gasteiger partial charge in [0.25, 0.3) is 0 Å². The molecular weight excluding hydrogens is 178 g/mol. The average molecular weight is 201 g/mol. The molecule has 14 heavy (non-hydrogen) atoms. The highest BCUT2D eigenvalue weighted by atomic mass is 16.4. The first-order chi connectivity index (χ1) is 6.31. The van der Waals surface area contributed by atoms with Gasteiger partial charge in [-0.3, -0.25) is 4.79 Å². The van der Waals surface area contributed by atoms with Gasteiger partial charge in [0.15, 0.2) is 0 Å². The highest BCUT2D eigenvalue weighted by Gasteiger charge is 2.32. The summed E-state index contributed by atoms with van der Waals surface area (Å²) >= 11 is 0. The molecule has 1 atom stereocenters. The number of carbonyl (C=O) groups is 1. The van der Waals surface area contributed by atoms with E-state index in [-0.39, 0.29) is 11.8 Å². The Bertz CT molecular complexity index is 188. The summed E-state index contributed by atoms with van der Waals surface area (Å²) in [7, 11) is 4.04. The molecule has 0 aromatic rings. The second-order valence-electron chi connectivity index (χ2n) is 4.83. The minimum Gasteiger partial charge on any atom is -0.481 e. The summed E-state index contributed by atoms with van der Waals surface area (Å²) in [6.07, 6.45) is 2.37. The van der Waals surface area contributed by atoms with E-state index in [0.29, 0.717) is 6.04 Å². The maximum atomic E-state index is 10.7. The summed E-state index contributed by atoms with van der Waals surface area (Å²) in [4.78, 5) is 12.9. The molecule has 84 valence electrons. The lowest BCUT2D eigenvalue weighted by Gasteiger charge is -2.37. The van der Waals surface area contributed by atoms with Crippen molar-refractivity contribution in [3.63, 3.8) is 0 Å². The van der Waals surface area contributed by atoms with Gasteiger partial charge in [0.05, 0.1) is 6.42 Å². The number of hydrogen-bond acceptors (Lipinski definition) is 2. The van der Waals surface area contributed by atoms with Gasteiger partial charge in [-0.25, -0.2) is 0 Å². The number of carboxylic acids is 1. The minimum absolute atomic E-state index is 0.161. The predicted octanol–water partition coefficient (Wildman–Crippen LogP) is 2.22. The van der Waals surface area contributed by atoms with Gasteiger partial charge in [-0.2, -0.15) is 0 Å². The van der Waals surface area contributed by atoms with E-state index in [0.717, 1.165) is 12.8 Å². The first kappa shape index (κ1) is 13.4. The van der Waals surface area contributed by atoms with Gasteiger partial charge in [0.2, 0.25) is 0 Å². The summed E-state index contributed by atoms with van der Waals surface area (Å²) in [5.74, 6) is -0.710. The summed E-state index contributed by atoms with van der Waals surface area (Å²) in [6.45, 7) is 6.19. The molecule has 0 bridgehead atoms. The van der Waals surface area contributed by atoms with Gasteiger partial charge in [0.1, 0.15) is 0 Å². The predicted molar refractivity (Wildman–Crippen MR) is 58.4 cm³/mol. The second-order valence-corrected chi connectivity index (χ2v) is 4.83. The molecule has 1 unspecified atom stereocenters. The summed E-state index contributed by atoms with van der Waals surface area (Å²) in [5, 5.41) is 8.83. The molecule has 0 aliphatic carbocycles. The maximum Gasteiger partial charge on any atom is 0.303 e. The average Bonchev–Trinajstić information content (AvgIpc) is 1.96. The van der Waals surface area contributed by atoms with Crippen LogP contribution in [0.25, 0.3) is 0 Å². The van der Waals surface area contributed by atoms with E-state index >= 15 is 0 Å². The minimum atomic E-state index is -0.710. The van der Waals surface area contributed by atoms with E-state index in [9.17, 15) is 4.79 Å². The maximum absolute atomic E-state index is 10.7. The Labute approximate surface area is 87.1 Å². The molecule has 3 nitrogen and oxygen atoms in total. The third kappa shape index (κ3) is 4.09. The van der Waals surface area contributed by atoms with Crippen molar-refractivity contribution in [1.82, 2.24) is 4.90 Å². The van der Waals surface area contributed by atoms with Crippen molar-refractivity contribution in [2.24, 2.45) is 5.41 Å². The Morgan fingerprint density at radius 2 is 1.93 bits per heavy atom. The van der Waals surface area contributed by atoms with Crippen LogP contribution in [0, 0.1) is 5.41 Å². The van der Waals surface area contributed by atoms with Crippen LogP contribution in [0.3, 0.4) is 0 Å². The van der Waals surface area contributed by atoms with Crippen molar-refractivity contribution >= 4 is 5.97 Å². The molecule has 0 spiro atoms. The Morgan fingerprint density at radius 3 is 2.21 bits per heavy atom. The third-order valence-corrected chi connectivity index (χ3v) is 2.69. The van der Waals surface area contributed by atoms with Crippen molar-refractivity contribution in [1.29, 1.82) is 0 Å². The van der Waals surface area contributed by atoms with Gasteiger partial charge in [-0.15, -0.1) is 0 Å². The Hall–Kier alpha value is -0.570. The van der Waals surface area contributed by atoms with Crippen molar-refractivity contribution in [3.8, 4) is 0 Å². The van der Waals surface area contributed by atoms with Gasteiger partial charge >= 0.3 is 5.97 Å². The van der Waals surface area contributed by atoms with Gasteiger partial charge in [-0.05, 0) is 25.9 Å². The van der Waals surface area contributed by atoms with Gasteiger partial charge in [0, 0.05) is 6.04 Å². The fourth-order valence-corrected chi connectivity index (χ4v) is 2.13. The number of aliphatic carboxylic acids is 1. The highest BCUT2D eigenvalue weighted by Crippen LogP contribution is 2.30. The Balaban J connectivity index is 4.52. The molecule has 0 aromatic carbocycles. The van der Waals surface area contributed by atoms with Crippen molar-refractivity contribution in [2.75, 3.05) is 14.1 Å². The van der Waals surface area contributed by atoms with Gasteiger partial charge in [-0.1, -0.05) is 27.2 Å². The molecule has 0 aliphatic rings. The molecule has 0 amide bonds. The van der Waals surface area contributed by atoms with Crippen LogP contribution in [0.4, 0.5) is 0 Å². The molecule has 0 aliphatic heterocycles. The second kappa shape index (κ2) is 5.35. The van der Waals surface area contributed by atoms with Crippen LogP contribution < -0.4 is 0 Å². The van der Waals surface area contributed by atoms with E-state index in [2.05, 4.69) is 11.8 Å². The molecule has 0 saturated heterocycles. The monoisotopic (exact) mass is 201 g/mol. The lowest BCUT2D eigenvalue weighted by molar-refractivity contribution is -0.140. The van der Waals surface area contributed by atoms with Crippen molar-refractivity contribution in [3.05, 3.63) is 0 Å². The third-order valence-electron chi connectivity index (χ3n) is 2.69. The summed E-state index contributed by atoms with van der Waals surface area (Å²) in [6, 6.07) is 0.337. The van der Waals surface area contributed by atoms with Crippen LogP contribution >= 0.6 is 0 Å². The quantitative estimate of drug-likeness (QED) is 0.716. The Kier molecular flexibility index (Phi) is 5.13. The highest BCUT2D eigenvalue weighted by molar-refractivity contribution is 5.67. The van der Waals surface area contributed by atoms with Crippen molar-refractivity contribution < 1.29 is 9.90 Å². The molecule has 1 N–H and O–H groups in total. The lowest BCUT2D eigenvalue weighted by Crippen LogP contribution is -2.42. The normalized spacial score (nSPS) is 14.4. The van der Waals surface area contributed by atoms with E-state index in [1.807, 2.05) is 27.9 Å². The van der Waals surface area contributed by atoms with E-state index < -0.39 is 5.97 Å². The summed E-state index contributed by atoms with van der Waals surface area (Å²) in [5.41, 5.74) is -0.161. The first-order valence-corrected chi connectivity index (χ1v) is 5.19. The molecule has 0 saturated carbocycles. The molecular formula is C11H23NO2.